The lowest BCUT2D eigenvalue weighted by atomic mass is 10.3. The predicted molar refractivity (Wildman–Crippen MR) is 65.6 cm³/mol. The average Bonchev–Trinajstić information content (AvgIpc) is 2.68. The van der Waals surface area contributed by atoms with Gasteiger partial charge in [-0.25, -0.2) is 9.78 Å². The molecule has 0 radical (unpaired) electrons. The zero-order valence-corrected chi connectivity index (χ0v) is 10.4. The van der Waals surface area contributed by atoms with E-state index in [0.717, 1.165) is 11.3 Å². The number of carbonyl (C=O) groups is 1. The molecule has 0 unspecified atom stereocenters. The van der Waals surface area contributed by atoms with Gasteiger partial charge in [0.15, 0.2) is 4.88 Å². The lowest BCUT2D eigenvalue weighted by molar-refractivity contribution is 0.0739. The minimum absolute atomic E-state index is 0.196. The zero-order valence-electron chi connectivity index (χ0n) is 8.01. The van der Waals surface area contributed by atoms with Crippen molar-refractivity contribution in [3.63, 3.8) is 0 Å². The normalized spacial score (nSPS) is 10.1. The number of carbonyl (C=O) groups excluding carboxylic acids is 1. The SMILES string of the molecule is Nc1ncsc1C(=O)Oc1ccccc1Br. The van der Waals surface area contributed by atoms with E-state index in [-0.39, 0.29) is 5.82 Å². The fourth-order valence-corrected chi connectivity index (χ4v) is 2.03. The van der Waals surface area contributed by atoms with E-state index in [1.165, 1.54) is 5.51 Å². The molecular formula is C10H7BrN2O2S. The van der Waals surface area contributed by atoms with Gasteiger partial charge in [0, 0.05) is 0 Å². The average molecular weight is 299 g/mol. The molecule has 6 heteroatoms. The van der Waals surface area contributed by atoms with Crippen molar-refractivity contribution in [3.05, 3.63) is 39.1 Å². The molecular weight excluding hydrogens is 292 g/mol. The van der Waals surface area contributed by atoms with Crippen LogP contribution in [0.3, 0.4) is 0 Å². The van der Waals surface area contributed by atoms with E-state index in [4.69, 9.17) is 10.5 Å². The van der Waals surface area contributed by atoms with Crippen LogP contribution in [0.4, 0.5) is 5.82 Å². The van der Waals surface area contributed by atoms with Crippen LogP contribution in [-0.2, 0) is 0 Å². The highest BCUT2D eigenvalue weighted by Crippen LogP contribution is 2.26. The molecule has 1 heterocycles. The molecule has 1 aromatic heterocycles. The molecule has 0 fully saturated rings. The van der Waals surface area contributed by atoms with Crippen molar-refractivity contribution in [1.82, 2.24) is 4.98 Å². The number of nitrogens with two attached hydrogens (primary N) is 1. The van der Waals surface area contributed by atoms with E-state index < -0.39 is 5.97 Å². The largest absolute Gasteiger partial charge is 0.421 e. The smallest absolute Gasteiger partial charge is 0.357 e. The topological polar surface area (TPSA) is 65.2 Å². The van der Waals surface area contributed by atoms with Crippen molar-refractivity contribution in [2.24, 2.45) is 0 Å². The molecule has 0 atom stereocenters. The number of benzene rings is 1. The Morgan fingerprint density at radius 1 is 1.44 bits per heavy atom. The number of esters is 1. The fraction of sp³-hybridized carbons (Fsp3) is 0. The molecule has 0 aliphatic heterocycles. The van der Waals surface area contributed by atoms with Gasteiger partial charge in [0.05, 0.1) is 9.98 Å². The van der Waals surface area contributed by atoms with Gasteiger partial charge in [0.2, 0.25) is 0 Å². The van der Waals surface area contributed by atoms with E-state index in [1.807, 2.05) is 6.07 Å². The van der Waals surface area contributed by atoms with Crippen LogP contribution in [0, 0.1) is 0 Å². The van der Waals surface area contributed by atoms with Crippen molar-refractivity contribution in [1.29, 1.82) is 0 Å². The molecule has 0 amide bonds. The lowest BCUT2D eigenvalue weighted by Gasteiger charge is -2.04. The number of para-hydroxylation sites is 1. The van der Waals surface area contributed by atoms with Crippen LogP contribution in [0.5, 0.6) is 5.75 Å². The van der Waals surface area contributed by atoms with Crippen LogP contribution < -0.4 is 10.5 Å². The Labute approximate surface area is 104 Å². The second-order valence-electron chi connectivity index (χ2n) is 2.89. The van der Waals surface area contributed by atoms with Crippen LogP contribution in [0.2, 0.25) is 0 Å². The molecule has 0 aliphatic rings. The Hall–Kier alpha value is -1.40. The number of nitrogens with zero attached hydrogens (tertiary/aromatic N) is 1. The Balaban J connectivity index is 2.21. The quantitative estimate of drug-likeness (QED) is 0.684. The van der Waals surface area contributed by atoms with Crippen LogP contribution in [0.1, 0.15) is 9.67 Å². The molecule has 0 saturated heterocycles. The summed E-state index contributed by atoms with van der Waals surface area (Å²) in [7, 11) is 0. The van der Waals surface area contributed by atoms with E-state index in [0.29, 0.717) is 15.1 Å². The summed E-state index contributed by atoms with van der Waals surface area (Å²) in [4.78, 5) is 15.8. The molecule has 82 valence electrons. The first kappa shape index (κ1) is 11.1. The van der Waals surface area contributed by atoms with Gasteiger partial charge < -0.3 is 10.5 Å². The first-order valence-corrected chi connectivity index (χ1v) is 6.01. The molecule has 1 aromatic carbocycles. The van der Waals surface area contributed by atoms with Gasteiger partial charge in [-0.1, -0.05) is 12.1 Å². The van der Waals surface area contributed by atoms with E-state index in [1.54, 1.807) is 18.2 Å². The molecule has 2 aromatic rings. The van der Waals surface area contributed by atoms with Crippen LogP contribution in [0.25, 0.3) is 0 Å². The Kier molecular flexibility index (Phi) is 3.21. The first-order valence-electron chi connectivity index (χ1n) is 4.34. The first-order chi connectivity index (χ1) is 7.68. The minimum atomic E-state index is -0.494. The lowest BCUT2D eigenvalue weighted by Crippen LogP contribution is -2.09. The highest BCUT2D eigenvalue weighted by atomic mass is 79.9. The molecule has 0 aliphatic carbocycles. The van der Waals surface area contributed by atoms with E-state index in [2.05, 4.69) is 20.9 Å². The van der Waals surface area contributed by atoms with Crippen molar-refractivity contribution in [2.75, 3.05) is 5.73 Å². The fourth-order valence-electron chi connectivity index (χ4n) is 1.08. The monoisotopic (exact) mass is 298 g/mol. The van der Waals surface area contributed by atoms with Gasteiger partial charge in [-0.2, -0.15) is 0 Å². The van der Waals surface area contributed by atoms with Crippen LogP contribution in [-0.4, -0.2) is 11.0 Å². The van der Waals surface area contributed by atoms with E-state index in [9.17, 15) is 4.79 Å². The highest BCUT2D eigenvalue weighted by Gasteiger charge is 2.15. The molecule has 4 nitrogen and oxygen atoms in total. The molecule has 2 rings (SSSR count). The summed E-state index contributed by atoms with van der Waals surface area (Å²) < 4.78 is 5.89. The van der Waals surface area contributed by atoms with E-state index >= 15 is 0 Å². The number of hydrogen-bond acceptors (Lipinski definition) is 5. The Morgan fingerprint density at radius 3 is 2.81 bits per heavy atom. The number of ether oxygens (including phenoxy) is 1. The molecule has 0 bridgehead atoms. The minimum Gasteiger partial charge on any atom is -0.421 e. The van der Waals surface area contributed by atoms with Crippen molar-refractivity contribution < 1.29 is 9.53 Å². The molecule has 16 heavy (non-hydrogen) atoms. The highest BCUT2D eigenvalue weighted by molar-refractivity contribution is 9.10. The second-order valence-corrected chi connectivity index (χ2v) is 4.60. The summed E-state index contributed by atoms with van der Waals surface area (Å²) in [5, 5.41) is 0. The number of hydrogen-bond donors (Lipinski definition) is 1. The summed E-state index contributed by atoms with van der Waals surface area (Å²) in [6, 6.07) is 7.10. The van der Waals surface area contributed by atoms with Gasteiger partial charge in [0.1, 0.15) is 11.6 Å². The number of aromatic nitrogens is 1. The zero-order chi connectivity index (χ0) is 11.5. The van der Waals surface area contributed by atoms with Gasteiger partial charge in [-0.05, 0) is 28.1 Å². The summed E-state index contributed by atoms with van der Waals surface area (Å²) in [6.45, 7) is 0. The van der Waals surface area contributed by atoms with Crippen molar-refractivity contribution in [2.45, 2.75) is 0 Å². The van der Waals surface area contributed by atoms with Crippen LogP contribution >= 0.6 is 27.3 Å². The maximum absolute atomic E-state index is 11.7. The summed E-state index contributed by atoms with van der Waals surface area (Å²) in [6.07, 6.45) is 0. The third kappa shape index (κ3) is 2.23. The van der Waals surface area contributed by atoms with Gasteiger partial charge in [0.25, 0.3) is 0 Å². The van der Waals surface area contributed by atoms with Gasteiger partial charge in [-0.15, -0.1) is 11.3 Å². The predicted octanol–water partition coefficient (Wildman–Crippen LogP) is 2.71. The maximum atomic E-state index is 11.7. The standard InChI is InChI=1S/C10H7BrN2O2S/c11-6-3-1-2-4-7(6)15-10(14)8-9(12)13-5-16-8/h1-5H,12H2. The second kappa shape index (κ2) is 4.63. The van der Waals surface area contributed by atoms with Gasteiger partial charge >= 0.3 is 5.97 Å². The Bertz CT molecular complexity index is 527. The number of rotatable bonds is 2. The number of halogens is 1. The van der Waals surface area contributed by atoms with Crippen molar-refractivity contribution >= 4 is 39.1 Å². The van der Waals surface area contributed by atoms with Gasteiger partial charge in [-0.3, -0.25) is 0 Å². The number of anilines is 1. The summed E-state index contributed by atoms with van der Waals surface area (Å²) in [5.74, 6) is 0.161. The third-order valence-corrected chi connectivity index (χ3v) is 3.30. The molecule has 0 saturated carbocycles. The molecule has 2 N–H and O–H groups in total. The summed E-state index contributed by atoms with van der Waals surface area (Å²) >= 11 is 4.44. The third-order valence-electron chi connectivity index (χ3n) is 1.82. The number of nitrogen functional groups attached to an aromatic ring is 1. The Morgan fingerprint density at radius 2 is 2.19 bits per heavy atom. The maximum Gasteiger partial charge on any atom is 0.357 e. The van der Waals surface area contributed by atoms with Crippen molar-refractivity contribution in [3.8, 4) is 5.75 Å². The van der Waals surface area contributed by atoms with Crippen LogP contribution in [0.15, 0.2) is 34.2 Å². The molecule has 0 spiro atoms. The number of thiazole rings is 1. The summed E-state index contributed by atoms with van der Waals surface area (Å²) in [5.41, 5.74) is 7.03.